The number of carbonyl (C=O) groups is 1. The predicted octanol–water partition coefficient (Wildman–Crippen LogP) is 8.61. The summed E-state index contributed by atoms with van der Waals surface area (Å²) in [6, 6.07) is 44.0. The van der Waals surface area contributed by atoms with E-state index in [0.717, 1.165) is 48.3 Å². The normalized spacial score (nSPS) is 10.7. The summed E-state index contributed by atoms with van der Waals surface area (Å²) in [6.07, 6.45) is 5.19. The van der Waals surface area contributed by atoms with Crippen LogP contribution in [0.4, 0.5) is 0 Å². The van der Waals surface area contributed by atoms with E-state index >= 15 is 0 Å². The molecule has 0 saturated carbocycles. The van der Waals surface area contributed by atoms with Gasteiger partial charge in [-0.15, -0.1) is 0 Å². The Labute approximate surface area is 266 Å². The number of hydrogen-bond donors (Lipinski definition) is 1. The molecule has 0 atom stereocenters. The molecule has 0 aliphatic carbocycles. The lowest BCUT2D eigenvalue weighted by Gasteiger charge is -2.13. The Morgan fingerprint density at radius 2 is 1.02 bits per heavy atom. The summed E-state index contributed by atoms with van der Waals surface area (Å²) in [7, 11) is 0. The van der Waals surface area contributed by atoms with Gasteiger partial charge in [-0.1, -0.05) is 103 Å². The molecule has 0 aliphatic heterocycles. The van der Waals surface area contributed by atoms with Crippen molar-refractivity contribution in [2.45, 2.75) is 45.3 Å². The van der Waals surface area contributed by atoms with Crippen LogP contribution in [0.2, 0.25) is 0 Å². The molecule has 0 heterocycles. The summed E-state index contributed by atoms with van der Waals surface area (Å²) < 4.78 is 18.0. The van der Waals surface area contributed by atoms with Gasteiger partial charge in [-0.05, 0) is 78.6 Å². The molecule has 1 amide bonds. The number of benzene rings is 5. The Hall–Kier alpha value is -5.03. The van der Waals surface area contributed by atoms with E-state index in [2.05, 4.69) is 47.8 Å². The van der Waals surface area contributed by atoms with E-state index in [-0.39, 0.29) is 5.91 Å². The first-order chi connectivity index (χ1) is 22.2. The van der Waals surface area contributed by atoms with Gasteiger partial charge in [0.1, 0.15) is 30.5 Å². The molecule has 0 saturated heterocycles. The Morgan fingerprint density at radius 3 is 1.60 bits per heavy atom. The third-order valence-corrected chi connectivity index (χ3v) is 7.48. The molecule has 0 fully saturated rings. The molecule has 1 N–H and O–H groups in total. The van der Waals surface area contributed by atoms with Gasteiger partial charge in [0, 0.05) is 18.2 Å². The molecular weight excluding hydrogens is 558 g/mol. The van der Waals surface area contributed by atoms with Crippen molar-refractivity contribution in [2.75, 3.05) is 13.2 Å². The van der Waals surface area contributed by atoms with Crippen LogP contribution in [0.1, 0.15) is 51.9 Å². The first-order valence-corrected chi connectivity index (χ1v) is 15.7. The highest BCUT2D eigenvalue weighted by Gasteiger charge is 2.11. The van der Waals surface area contributed by atoms with Crippen LogP contribution >= 0.6 is 0 Å². The van der Waals surface area contributed by atoms with E-state index in [4.69, 9.17) is 14.2 Å². The van der Waals surface area contributed by atoms with Crippen LogP contribution in [0.15, 0.2) is 133 Å². The number of nitrogens with one attached hydrogen (secondary N) is 1. The van der Waals surface area contributed by atoms with Crippen molar-refractivity contribution >= 4 is 5.91 Å². The monoisotopic (exact) mass is 599 g/mol. The maximum atomic E-state index is 13.2. The summed E-state index contributed by atoms with van der Waals surface area (Å²) in [5.74, 6) is 1.88. The average Bonchev–Trinajstić information content (AvgIpc) is 3.10. The minimum Gasteiger partial charge on any atom is -0.494 e. The summed E-state index contributed by atoms with van der Waals surface area (Å²) in [4.78, 5) is 13.2. The van der Waals surface area contributed by atoms with Crippen molar-refractivity contribution in [1.29, 1.82) is 0 Å². The quantitative estimate of drug-likeness (QED) is 0.109. The molecule has 0 bridgehead atoms. The number of aryl methyl sites for hydroxylation is 1. The molecule has 0 radical (unpaired) electrons. The molecule has 5 aromatic rings. The van der Waals surface area contributed by atoms with Gasteiger partial charge in [0.2, 0.25) is 0 Å². The van der Waals surface area contributed by atoms with Crippen LogP contribution < -0.4 is 19.5 Å². The van der Waals surface area contributed by atoms with E-state index < -0.39 is 0 Å². The average molecular weight is 600 g/mol. The van der Waals surface area contributed by atoms with E-state index in [9.17, 15) is 4.79 Å². The molecular formula is C40H41NO4. The Morgan fingerprint density at radius 1 is 0.489 bits per heavy atom. The van der Waals surface area contributed by atoms with Gasteiger partial charge in [-0.3, -0.25) is 4.79 Å². The highest BCUT2D eigenvalue weighted by molar-refractivity contribution is 5.95. The highest BCUT2D eigenvalue weighted by Crippen LogP contribution is 2.25. The molecule has 5 nitrogen and oxygen atoms in total. The zero-order chi connectivity index (χ0) is 30.9. The summed E-state index contributed by atoms with van der Waals surface area (Å²) in [5.41, 5.74) is 5.13. The van der Waals surface area contributed by atoms with Crippen molar-refractivity contribution in [1.82, 2.24) is 5.32 Å². The summed E-state index contributed by atoms with van der Waals surface area (Å²) in [6.45, 7) is 2.03. The van der Waals surface area contributed by atoms with Crippen molar-refractivity contribution in [2.24, 2.45) is 0 Å². The summed E-state index contributed by atoms with van der Waals surface area (Å²) in [5, 5.41) is 3.05. The van der Waals surface area contributed by atoms with Crippen LogP contribution in [0.3, 0.4) is 0 Å². The Kier molecular flexibility index (Phi) is 12.1. The molecule has 45 heavy (non-hydrogen) atoms. The predicted molar refractivity (Wildman–Crippen MR) is 180 cm³/mol. The van der Waals surface area contributed by atoms with Gasteiger partial charge in [0.05, 0.1) is 6.61 Å². The minimum absolute atomic E-state index is 0.170. The maximum Gasteiger partial charge on any atom is 0.251 e. The first kappa shape index (κ1) is 31.4. The van der Waals surface area contributed by atoms with E-state index in [1.54, 1.807) is 12.1 Å². The summed E-state index contributed by atoms with van der Waals surface area (Å²) >= 11 is 0. The van der Waals surface area contributed by atoms with Gasteiger partial charge < -0.3 is 19.5 Å². The second-order valence-corrected chi connectivity index (χ2v) is 11.0. The van der Waals surface area contributed by atoms with Gasteiger partial charge in [0.25, 0.3) is 5.91 Å². The molecule has 5 rings (SSSR count). The lowest BCUT2D eigenvalue weighted by molar-refractivity contribution is 0.0953. The molecule has 5 heteroatoms. The van der Waals surface area contributed by atoms with E-state index in [0.29, 0.717) is 43.2 Å². The van der Waals surface area contributed by atoms with Crippen molar-refractivity contribution in [3.63, 3.8) is 0 Å². The topological polar surface area (TPSA) is 56.8 Å². The number of carbonyl (C=O) groups excluding carboxylic acids is 1. The van der Waals surface area contributed by atoms with Gasteiger partial charge >= 0.3 is 0 Å². The number of amides is 1. The SMILES string of the molecule is O=C(NCCc1ccc(OCCCCCc2ccccc2)cc1)c1cc(OCc2ccccc2)cc(OCc2ccccc2)c1. The van der Waals surface area contributed by atoms with E-state index in [1.807, 2.05) is 78.9 Å². The first-order valence-electron chi connectivity index (χ1n) is 15.7. The molecule has 0 aromatic heterocycles. The number of unbranched alkanes of at least 4 members (excludes halogenated alkanes) is 2. The second kappa shape index (κ2) is 17.3. The lowest BCUT2D eigenvalue weighted by Crippen LogP contribution is -2.25. The fourth-order valence-corrected chi connectivity index (χ4v) is 4.97. The minimum atomic E-state index is -0.170. The Balaban J connectivity index is 1.08. The third-order valence-electron chi connectivity index (χ3n) is 7.48. The van der Waals surface area contributed by atoms with Gasteiger partial charge in [-0.25, -0.2) is 0 Å². The van der Waals surface area contributed by atoms with Gasteiger partial charge in [-0.2, -0.15) is 0 Å². The van der Waals surface area contributed by atoms with Crippen LogP contribution in [0.25, 0.3) is 0 Å². The van der Waals surface area contributed by atoms with Crippen molar-refractivity contribution < 1.29 is 19.0 Å². The zero-order valence-corrected chi connectivity index (χ0v) is 25.7. The number of ether oxygens (including phenoxy) is 3. The van der Waals surface area contributed by atoms with Crippen LogP contribution in [0.5, 0.6) is 17.2 Å². The van der Waals surface area contributed by atoms with Crippen molar-refractivity contribution in [3.05, 3.63) is 161 Å². The lowest BCUT2D eigenvalue weighted by atomic mass is 10.1. The molecule has 0 aliphatic rings. The van der Waals surface area contributed by atoms with Crippen molar-refractivity contribution in [3.8, 4) is 17.2 Å². The molecule has 0 spiro atoms. The fraction of sp³-hybridized carbons (Fsp3) is 0.225. The number of hydrogen-bond acceptors (Lipinski definition) is 4. The largest absolute Gasteiger partial charge is 0.494 e. The molecule has 230 valence electrons. The highest BCUT2D eigenvalue weighted by atomic mass is 16.5. The van der Waals surface area contributed by atoms with Gasteiger partial charge in [0.15, 0.2) is 0 Å². The molecule has 0 unspecified atom stereocenters. The smallest absolute Gasteiger partial charge is 0.251 e. The number of rotatable bonds is 17. The van der Waals surface area contributed by atoms with Crippen LogP contribution in [0, 0.1) is 0 Å². The van der Waals surface area contributed by atoms with E-state index in [1.165, 1.54) is 12.0 Å². The molecule has 5 aromatic carbocycles. The second-order valence-electron chi connectivity index (χ2n) is 11.0. The maximum absolute atomic E-state index is 13.2. The van der Waals surface area contributed by atoms with Crippen LogP contribution in [-0.4, -0.2) is 19.1 Å². The van der Waals surface area contributed by atoms with Crippen LogP contribution in [-0.2, 0) is 26.1 Å². The Bertz CT molecular complexity index is 1510. The third kappa shape index (κ3) is 10.9. The fourth-order valence-electron chi connectivity index (χ4n) is 4.97. The standard InChI is InChI=1S/C40H41NO4/c42-40(41-25-24-33-20-22-37(23-21-33)43-26-12-4-11-15-32-13-5-1-6-14-32)36-27-38(44-30-34-16-7-2-8-17-34)29-39(28-36)45-31-35-18-9-3-10-19-35/h1-3,5-10,13-14,16-23,27-29H,4,11-12,15,24-26,30-31H2,(H,41,42). The zero-order valence-electron chi connectivity index (χ0n) is 25.7.